The third kappa shape index (κ3) is 3.97. The highest BCUT2D eigenvalue weighted by Gasteiger charge is 2.61. The van der Waals surface area contributed by atoms with Gasteiger partial charge >= 0.3 is 6.18 Å². The number of carbonyl (C=O) groups excluding carboxylic acids is 1. The molecule has 1 heterocycles. The molecule has 0 spiro atoms. The first kappa shape index (κ1) is 23.4. The van der Waals surface area contributed by atoms with E-state index in [-0.39, 0.29) is 23.7 Å². The van der Waals surface area contributed by atoms with E-state index in [1.165, 1.54) is 49.4 Å². The normalized spacial score (nSPS) is 43.0. The topological polar surface area (TPSA) is 34.9 Å². The van der Waals surface area contributed by atoms with Gasteiger partial charge in [-0.1, -0.05) is 33.6 Å². The van der Waals surface area contributed by atoms with E-state index in [4.69, 9.17) is 0 Å². The van der Waals surface area contributed by atoms with Gasteiger partial charge in [0.2, 0.25) is 0 Å². The maximum atomic E-state index is 13.5. The Morgan fingerprint density at radius 2 is 1.88 bits per heavy atom. The Balaban J connectivity index is 1.35. The van der Waals surface area contributed by atoms with E-state index in [0.29, 0.717) is 11.8 Å². The second-order valence-electron chi connectivity index (χ2n) is 12.1. The van der Waals surface area contributed by atoms with Crippen molar-refractivity contribution >= 4 is 5.78 Å². The number of rotatable bonds is 4. The first-order chi connectivity index (χ1) is 15.6. The minimum absolute atomic E-state index is 0.0201. The standard InChI is InChI=1S/C27H39F3N2O/c1-4-17-14-22(23(33)15-32-12-10-24(31-32)27(28,29)30)26(3)11-9-20-19-7-5-16(2)13-18(19)6-8-21(20)25(17)26/h10,12,16-22,25H,4-9,11,13-15H2,1-3H3/t16-,17?,18+,19?,20?,21+,22+,25?,26+/m0/s1. The van der Waals surface area contributed by atoms with Crippen molar-refractivity contribution in [1.29, 1.82) is 0 Å². The predicted octanol–water partition coefficient (Wildman–Crippen LogP) is 7.01. The van der Waals surface area contributed by atoms with Crippen LogP contribution in [-0.4, -0.2) is 15.6 Å². The van der Waals surface area contributed by atoms with Gasteiger partial charge < -0.3 is 0 Å². The molecule has 1 aromatic heterocycles. The molecule has 33 heavy (non-hydrogen) atoms. The molecule has 0 N–H and O–H groups in total. The van der Waals surface area contributed by atoms with Crippen LogP contribution in [0.15, 0.2) is 12.3 Å². The van der Waals surface area contributed by atoms with Crippen LogP contribution < -0.4 is 0 Å². The van der Waals surface area contributed by atoms with Gasteiger partial charge in [0, 0.05) is 12.1 Å². The van der Waals surface area contributed by atoms with Crippen molar-refractivity contribution in [1.82, 2.24) is 9.78 Å². The second-order valence-corrected chi connectivity index (χ2v) is 12.1. The third-order valence-electron chi connectivity index (χ3n) is 10.5. The van der Waals surface area contributed by atoms with Crippen molar-refractivity contribution < 1.29 is 18.0 Å². The van der Waals surface area contributed by atoms with Crippen LogP contribution in [0.1, 0.15) is 84.3 Å². The first-order valence-electron chi connectivity index (χ1n) is 13.2. The number of carbonyl (C=O) groups is 1. The molecule has 0 aliphatic heterocycles. The van der Waals surface area contributed by atoms with Gasteiger partial charge in [-0.05, 0) is 97.9 Å². The van der Waals surface area contributed by atoms with Gasteiger partial charge in [0.15, 0.2) is 11.5 Å². The summed E-state index contributed by atoms with van der Waals surface area (Å²) in [5.74, 6) is 5.35. The van der Waals surface area contributed by atoms with Crippen LogP contribution in [0.4, 0.5) is 13.2 Å². The van der Waals surface area contributed by atoms with Crippen molar-refractivity contribution in [2.45, 2.75) is 91.3 Å². The molecule has 184 valence electrons. The molecule has 4 unspecified atom stereocenters. The van der Waals surface area contributed by atoms with E-state index in [2.05, 4.69) is 25.9 Å². The molecule has 4 aliphatic carbocycles. The fourth-order valence-corrected chi connectivity index (χ4v) is 9.17. The van der Waals surface area contributed by atoms with Crippen molar-refractivity contribution in [2.75, 3.05) is 0 Å². The lowest BCUT2D eigenvalue weighted by atomic mass is 9.48. The summed E-state index contributed by atoms with van der Waals surface area (Å²) < 4.78 is 40.1. The first-order valence-corrected chi connectivity index (χ1v) is 13.2. The summed E-state index contributed by atoms with van der Waals surface area (Å²) in [6, 6.07) is 0.968. The maximum absolute atomic E-state index is 13.5. The van der Waals surface area contributed by atoms with Crippen LogP contribution in [0, 0.1) is 52.8 Å². The molecule has 0 radical (unpaired) electrons. The van der Waals surface area contributed by atoms with Crippen molar-refractivity contribution in [3.8, 4) is 0 Å². The van der Waals surface area contributed by atoms with Crippen LogP contribution in [0.3, 0.4) is 0 Å². The highest BCUT2D eigenvalue weighted by Crippen LogP contribution is 2.66. The van der Waals surface area contributed by atoms with Gasteiger partial charge in [-0.15, -0.1) is 0 Å². The van der Waals surface area contributed by atoms with E-state index in [1.807, 2.05) is 0 Å². The summed E-state index contributed by atoms with van der Waals surface area (Å²) in [4.78, 5) is 13.5. The molecule has 0 amide bonds. The predicted molar refractivity (Wildman–Crippen MR) is 121 cm³/mol. The highest BCUT2D eigenvalue weighted by atomic mass is 19.4. The third-order valence-corrected chi connectivity index (χ3v) is 10.5. The maximum Gasteiger partial charge on any atom is 0.435 e. The molecule has 1 aromatic rings. The average molecular weight is 465 g/mol. The number of Topliss-reactive ketones (excluding diaryl/α,β-unsaturated/α-hetero) is 1. The summed E-state index contributed by atoms with van der Waals surface area (Å²) in [6.07, 6.45) is 7.97. The average Bonchev–Trinajstić information content (AvgIpc) is 3.35. The Labute approximate surface area is 195 Å². The van der Waals surface area contributed by atoms with E-state index in [1.54, 1.807) is 0 Å². The fraction of sp³-hybridized carbons (Fsp3) is 0.852. The largest absolute Gasteiger partial charge is 0.435 e. The number of alkyl halides is 3. The van der Waals surface area contributed by atoms with E-state index in [9.17, 15) is 18.0 Å². The quantitative estimate of drug-likeness (QED) is 0.480. The molecule has 4 saturated carbocycles. The van der Waals surface area contributed by atoms with Crippen molar-refractivity contribution in [2.24, 2.45) is 52.8 Å². The number of hydrogen-bond donors (Lipinski definition) is 0. The zero-order chi connectivity index (χ0) is 23.5. The van der Waals surface area contributed by atoms with Crippen molar-refractivity contribution in [3.05, 3.63) is 18.0 Å². The summed E-state index contributed by atoms with van der Waals surface area (Å²) in [5.41, 5.74) is -0.940. The van der Waals surface area contributed by atoms with Crippen LogP contribution in [0.2, 0.25) is 0 Å². The minimum atomic E-state index is -4.47. The monoisotopic (exact) mass is 464 g/mol. The molecule has 5 rings (SSSR count). The molecular weight excluding hydrogens is 425 g/mol. The lowest BCUT2D eigenvalue weighted by Crippen LogP contribution is -2.50. The Morgan fingerprint density at radius 1 is 1.12 bits per heavy atom. The summed E-state index contributed by atoms with van der Waals surface area (Å²) >= 11 is 0. The van der Waals surface area contributed by atoms with E-state index < -0.39 is 11.9 Å². The molecule has 0 aromatic carbocycles. The molecule has 0 saturated heterocycles. The highest BCUT2D eigenvalue weighted by molar-refractivity contribution is 5.82. The lowest BCUT2D eigenvalue weighted by Gasteiger charge is -2.57. The van der Waals surface area contributed by atoms with Crippen molar-refractivity contribution in [3.63, 3.8) is 0 Å². The summed E-state index contributed by atoms with van der Waals surface area (Å²) in [7, 11) is 0. The second kappa shape index (κ2) is 8.41. The van der Waals surface area contributed by atoms with E-state index >= 15 is 0 Å². The zero-order valence-electron chi connectivity index (χ0n) is 20.3. The summed E-state index contributed by atoms with van der Waals surface area (Å²) in [6.45, 7) is 6.97. The number of fused-ring (bicyclic) bond motifs is 5. The Bertz CT molecular complexity index is 879. The Hall–Kier alpha value is -1.33. The van der Waals surface area contributed by atoms with E-state index in [0.717, 1.165) is 54.9 Å². The van der Waals surface area contributed by atoms with Crippen LogP contribution >= 0.6 is 0 Å². The smallest absolute Gasteiger partial charge is 0.297 e. The Kier molecular flexibility index (Phi) is 5.96. The van der Waals surface area contributed by atoms with Crippen LogP contribution in [0.5, 0.6) is 0 Å². The molecular formula is C27H39F3N2O. The fourth-order valence-electron chi connectivity index (χ4n) is 9.17. The number of halogens is 3. The van der Waals surface area contributed by atoms with Gasteiger partial charge in [-0.3, -0.25) is 9.48 Å². The van der Waals surface area contributed by atoms with Crippen LogP contribution in [-0.2, 0) is 17.5 Å². The molecule has 0 bridgehead atoms. The molecule has 6 heteroatoms. The van der Waals surface area contributed by atoms with Crippen LogP contribution in [0.25, 0.3) is 0 Å². The van der Waals surface area contributed by atoms with Gasteiger partial charge in [-0.2, -0.15) is 18.3 Å². The SMILES string of the molecule is CCC1C[C@H](C(=O)Cn2ccc(C(F)(F)F)n2)[C@@]2(C)CCC3C4CC[C@H](C)C[C@H]4CC[C@H]3C12. The zero-order valence-corrected chi connectivity index (χ0v) is 20.3. The number of nitrogens with zero attached hydrogens (tertiary/aromatic N) is 2. The number of hydrogen-bond acceptors (Lipinski definition) is 2. The number of ketones is 1. The van der Waals surface area contributed by atoms with Gasteiger partial charge in [0.25, 0.3) is 0 Å². The summed E-state index contributed by atoms with van der Waals surface area (Å²) in [5, 5.41) is 3.65. The molecule has 3 nitrogen and oxygen atoms in total. The molecule has 4 fully saturated rings. The lowest BCUT2D eigenvalue weighted by molar-refractivity contribution is -0.142. The van der Waals surface area contributed by atoms with Gasteiger partial charge in [0.05, 0.1) is 6.54 Å². The Morgan fingerprint density at radius 3 is 2.58 bits per heavy atom. The minimum Gasteiger partial charge on any atom is -0.297 e. The van der Waals surface area contributed by atoms with Gasteiger partial charge in [0.1, 0.15) is 0 Å². The molecule has 4 aliphatic rings. The number of aromatic nitrogens is 2. The molecule has 9 atom stereocenters. The van der Waals surface area contributed by atoms with Gasteiger partial charge in [-0.25, -0.2) is 0 Å².